The van der Waals surface area contributed by atoms with Crippen LogP contribution in [0.2, 0.25) is 0 Å². The van der Waals surface area contributed by atoms with Gasteiger partial charge in [0.2, 0.25) is 11.8 Å². The van der Waals surface area contributed by atoms with Gasteiger partial charge in [0.05, 0.1) is 0 Å². The van der Waals surface area contributed by atoms with Crippen molar-refractivity contribution in [1.82, 2.24) is 9.80 Å². The highest BCUT2D eigenvalue weighted by molar-refractivity contribution is 6.13. The van der Waals surface area contributed by atoms with Crippen LogP contribution in [0.1, 0.15) is 24.0 Å². The van der Waals surface area contributed by atoms with Crippen molar-refractivity contribution >= 4 is 17.5 Å². The van der Waals surface area contributed by atoms with Crippen molar-refractivity contribution in [1.29, 1.82) is 0 Å². The molecule has 5 heteroatoms. The van der Waals surface area contributed by atoms with E-state index < -0.39 is 5.41 Å². The molecule has 28 heavy (non-hydrogen) atoms. The van der Waals surface area contributed by atoms with Crippen LogP contribution in [-0.2, 0) is 16.1 Å². The van der Waals surface area contributed by atoms with Crippen LogP contribution in [-0.4, -0.2) is 47.8 Å². The Balaban J connectivity index is 1.33. The predicted molar refractivity (Wildman–Crippen MR) is 110 cm³/mol. The van der Waals surface area contributed by atoms with Gasteiger partial charge in [-0.05, 0) is 43.0 Å². The zero-order chi connectivity index (χ0) is 19.6. The average Bonchev–Trinajstić information content (AvgIpc) is 3.51. The number of hydrogen-bond acceptors (Lipinski definition) is 3. The average molecular weight is 377 g/mol. The number of carbonyl (C=O) groups excluding carboxylic acids is 2. The van der Waals surface area contributed by atoms with Gasteiger partial charge in [0, 0.05) is 38.4 Å². The van der Waals surface area contributed by atoms with Gasteiger partial charge in [-0.3, -0.25) is 14.5 Å². The van der Waals surface area contributed by atoms with Crippen molar-refractivity contribution in [2.75, 3.05) is 31.5 Å². The second-order valence-electron chi connectivity index (χ2n) is 7.96. The molecule has 0 atom stereocenters. The van der Waals surface area contributed by atoms with Crippen LogP contribution in [0.5, 0.6) is 0 Å². The SMILES string of the molecule is Cc1cccc(NC(=O)C2(C(=O)N3CCN(Cc4ccccc4)CC3)CC2)c1. The van der Waals surface area contributed by atoms with Crippen LogP contribution >= 0.6 is 0 Å². The van der Waals surface area contributed by atoms with E-state index in [1.165, 1.54) is 5.56 Å². The second-order valence-corrected chi connectivity index (χ2v) is 7.96. The van der Waals surface area contributed by atoms with Crippen LogP contribution in [0.15, 0.2) is 54.6 Å². The molecule has 1 heterocycles. The van der Waals surface area contributed by atoms with Crippen LogP contribution in [0, 0.1) is 12.3 Å². The van der Waals surface area contributed by atoms with E-state index in [0.29, 0.717) is 25.9 Å². The molecule has 4 rings (SSSR count). The molecule has 2 aromatic carbocycles. The minimum atomic E-state index is -0.856. The van der Waals surface area contributed by atoms with Crippen molar-refractivity contribution < 1.29 is 9.59 Å². The number of anilines is 1. The number of amides is 2. The fourth-order valence-electron chi connectivity index (χ4n) is 3.89. The molecule has 1 aliphatic carbocycles. The fraction of sp³-hybridized carbons (Fsp3) is 0.391. The molecule has 5 nitrogen and oxygen atoms in total. The molecule has 0 unspecified atom stereocenters. The highest BCUT2D eigenvalue weighted by Gasteiger charge is 2.58. The molecule has 0 spiro atoms. The molecular weight excluding hydrogens is 350 g/mol. The van der Waals surface area contributed by atoms with Gasteiger partial charge in [0.25, 0.3) is 0 Å². The molecule has 2 aromatic rings. The summed E-state index contributed by atoms with van der Waals surface area (Å²) in [7, 11) is 0. The number of nitrogens with zero attached hydrogens (tertiary/aromatic N) is 2. The Bertz CT molecular complexity index is 853. The van der Waals surface area contributed by atoms with E-state index >= 15 is 0 Å². The number of carbonyl (C=O) groups is 2. The first-order valence-corrected chi connectivity index (χ1v) is 10.0. The molecule has 1 saturated heterocycles. The number of benzene rings is 2. The number of rotatable bonds is 5. The van der Waals surface area contributed by atoms with Crippen molar-refractivity contribution in [3.05, 3.63) is 65.7 Å². The Kier molecular flexibility index (Phi) is 5.18. The lowest BCUT2D eigenvalue weighted by atomic mass is 10.0. The number of nitrogens with one attached hydrogen (secondary N) is 1. The summed E-state index contributed by atoms with van der Waals surface area (Å²) < 4.78 is 0. The van der Waals surface area contributed by atoms with Crippen LogP contribution in [0.4, 0.5) is 5.69 Å². The second kappa shape index (κ2) is 7.76. The normalized spacial score (nSPS) is 18.5. The van der Waals surface area contributed by atoms with Crippen molar-refractivity contribution in [2.45, 2.75) is 26.3 Å². The first kappa shape index (κ1) is 18.7. The lowest BCUT2D eigenvalue weighted by Crippen LogP contribution is -2.52. The Labute approximate surface area is 166 Å². The van der Waals surface area contributed by atoms with Gasteiger partial charge in [-0.2, -0.15) is 0 Å². The quantitative estimate of drug-likeness (QED) is 0.815. The summed E-state index contributed by atoms with van der Waals surface area (Å²) in [5.74, 6) is -0.160. The van der Waals surface area contributed by atoms with E-state index in [9.17, 15) is 9.59 Å². The predicted octanol–water partition coefficient (Wildman–Crippen LogP) is 3.06. The Morgan fingerprint density at radius 2 is 1.68 bits per heavy atom. The number of aryl methyl sites for hydroxylation is 1. The van der Waals surface area contributed by atoms with E-state index in [1.54, 1.807) is 0 Å². The van der Waals surface area contributed by atoms with Gasteiger partial charge in [-0.25, -0.2) is 0 Å². The maximum absolute atomic E-state index is 13.1. The third-order valence-electron chi connectivity index (χ3n) is 5.78. The molecule has 1 N–H and O–H groups in total. The molecule has 0 aromatic heterocycles. The summed E-state index contributed by atoms with van der Waals surface area (Å²) in [6, 6.07) is 18.1. The zero-order valence-corrected chi connectivity index (χ0v) is 16.4. The van der Waals surface area contributed by atoms with E-state index in [2.05, 4.69) is 34.5 Å². The highest BCUT2D eigenvalue weighted by Crippen LogP contribution is 2.48. The third kappa shape index (κ3) is 3.94. The van der Waals surface area contributed by atoms with Gasteiger partial charge in [-0.1, -0.05) is 42.5 Å². The van der Waals surface area contributed by atoms with Gasteiger partial charge < -0.3 is 10.2 Å². The molecule has 146 valence electrons. The van der Waals surface area contributed by atoms with Crippen LogP contribution in [0.3, 0.4) is 0 Å². The number of hydrogen-bond donors (Lipinski definition) is 1. The maximum Gasteiger partial charge on any atom is 0.240 e. The van der Waals surface area contributed by atoms with Crippen LogP contribution in [0.25, 0.3) is 0 Å². The monoisotopic (exact) mass is 377 g/mol. The highest BCUT2D eigenvalue weighted by atomic mass is 16.2. The summed E-state index contributed by atoms with van der Waals surface area (Å²) in [5.41, 5.74) is 2.28. The summed E-state index contributed by atoms with van der Waals surface area (Å²) in [6.07, 6.45) is 1.29. The smallest absolute Gasteiger partial charge is 0.240 e. The van der Waals surface area contributed by atoms with Gasteiger partial charge in [-0.15, -0.1) is 0 Å². The Hall–Kier alpha value is -2.66. The summed E-state index contributed by atoms with van der Waals surface area (Å²) in [4.78, 5) is 30.2. The van der Waals surface area contributed by atoms with Crippen molar-refractivity contribution in [3.63, 3.8) is 0 Å². The molecule has 0 bridgehead atoms. The molecular formula is C23H27N3O2. The third-order valence-corrected chi connectivity index (χ3v) is 5.78. The molecule has 0 radical (unpaired) electrons. The van der Waals surface area contributed by atoms with Crippen LogP contribution < -0.4 is 5.32 Å². The number of piperazine rings is 1. The van der Waals surface area contributed by atoms with E-state index in [-0.39, 0.29) is 11.8 Å². The van der Waals surface area contributed by atoms with Gasteiger partial charge in [0.15, 0.2) is 0 Å². The summed E-state index contributed by atoms with van der Waals surface area (Å²) in [6.45, 7) is 5.95. The first-order valence-electron chi connectivity index (χ1n) is 10.0. The standard InChI is InChI=1S/C23H27N3O2/c1-18-6-5-9-20(16-18)24-21(27)23(10-11-23)22(28)26-14-12-25(13-15-26)17-19-7-3-2-4-8-19/h2-9,16H,10-15,17H2,1H3,(H,24,27). The van der Waals surface area contributed by atoms with Gasteiger partial charge in [0.1, 0.15) is 5.41 Å². The van der Waals surface area contributed by atoms with Crippen molar-refractivity contribution in [2.24, 2.45) is 5.41 Å². The zero-order valence-electron chi connectivity index (χ0n) is 16.4. The van der Waals surface area contributed by atoms with E-state index in [4.69, 9.17) is 0 Å². The molecule has 2 fully saturated rings. The first-order chi connectivity index (χ1) is 13.6. The minimum absolute atomic E-state index is 0.00276. The lowest BCUT2D eigenvalue weighted by Gasteiger charge is -2.36. The van der Waals surface area contributed by atoms with Gasteiger partial charge >= 0.3 is 0 Å². The largest absolute Gasteiger partial charge is 0.339 e. The fourth-order valence-corrected chi connectivity index (χ4v) is 3.89. The molecule has 1 aliphatic heterocycles. The Morgan fingerprint density at radius 3 is 2.32 bits per heavy atom. The maximum atomic E-state index is 13.1. The minimum Gasteiger partial charge on any atom is -0.339 e. The topological polar surface area (TPSA) is 52.7 Å². The van der Waals surface area contributed by atoms with E-state index in [0.717, 1.165) is 30.9 Å². The molecule has 1 saturated carbocycles. The Morgan fingerprint density at radius 1 is 0.964 bits per heavy atom. The molecule has 2 aliphatic rings. The van der Waals surface area contributed by atoms with Crippen molar-refractivity contribution in [3.8, 4) is 0 Å². The molecule has 2 amide bonds. The summed E-state index contributed by atoms with van der Waals surface area (Å²) in [5, 5.41) is 2.95. The summed E-state index contributed by atoms with van der Waals surface area (Å²) >= 11 is 0. The lowest BCUT2D eigenvalue weighted by molar-refractivity contribution is -0.143. The van der Waals surface area contributed by atoms with E-state index in [1.807, 2.05) is 42.2 Å².